The smallest absolute Gasteiger partial charge is 0.0522 e. The van der Waals surface area contributed by atoms with Gasteiger partial charge in [0.05, 0.1) is 5.69 Å². The van der Waals surface area contributed by atoms with E-state index in [1.807, 2.05) is 6.20 Å². The van der Waals surface area contributed by atoms with Crippen LogP contribution in [0.25, 0.3) is 0 Å². The highest BCUT2D eigenvalue weighted by molar-refractivity contribution is 5.00. The lowest BCUT2D eigenvalue weighted by Crippen LogP contribution is -2.33. The molecule has 0 radical (unpaired) electrons. The number of aromatic nitrogens is 2. The Morgan fingerprint density at radius 1 is 1.33 bits per heavy atom. The SMILES string of the molecule is CCn1nccc1CN[C@H](C)C1CCCCCC1. The Morgan fingerprint density at radius 2 is 2.06 bits per heavy atom. The van der Waals surface area contributed by atoms with Gasteiger partial charge >= 0.3 is 0 Å². The average molecular weight is 249 g/mol. The topological polar surface area (TPSA) is 29.9 Å². The zero-order chi connectivity index (χ0) is 12.8. The van der Waals surface area contributed by atoms with E-state index < -0.39 is 0 Å². The number of hydrogen-bond acceptors (Lipinski definition) is 2. The van der Waals surface area contributed by atoms with Crippen molar-refractivity contribution in [2.24, 2.45) is 5.92 Å². The molecular formula is C15H27N3. The van der Waals surface area contributed by atoms with Crippen LogP contribution in [0.3, 0.4) is 0 Å². The summed E-state index contributed by atoms with van der Waals surface area (Å²) in [5.41, 5.74) is 1.30. The summed E-state index contributed by atoms with van der Waals surface area (Å²) in [4.78, 5) is 0. The number of nitrogens with zero attached hydrogens (tertiary/aromatic N) is 2. The molecule has 1 N–H and O–H groups in total. The molecule has 1 fully saturated rings. The third kappa shape index (κ3) is 3.58. The molecule has 0 spiro atoms. The maximum atomic E-state index is 4.32. The van der Waals surface area contributed by atoms with E-state index in [2.05, 4.69) is 35.0 Å². The molecule has 1 aromatic rings. The Bertz CT molecular complexity index is 337. The second-order valence-electron chi connectivity index (χ2n) is 5.56. The highest BCUT2D eigenvalue weighted by atomic mass is 15.3. The largest absolute Gasteiger partial charge is 0.308 e. The van der Waals surface area contributed by atoms with Gasteiger partial charge in [0.15, 0.2) is 0 Å². The predicted molar refractivity (Wildman–Crippen MR) is 75.4 cm³/mol. The van der Waals surface area contributed by atoms with Crippen molar-refractivity contribution >= 4 is 0 Å². The van der Waals surface area contributed by atoms with Crippen LogP contribution in [-0.4, -0.2) is 15.8 Å². The summed E-state index contributed by atoms with van der Waals surface area (Å²) >= 11 is 0. The molecule has 1 atom stereocenters. The van der Waals surface area contributed by atoms with Crippen molar-refractivity contribution < 1.29 is 0 Å². The molecule has 0 aromatic carbocycles. The minimum atomic E-state index is 0.628. The van der Waals surface area contributed by atoms with Crippen LogP contribution in [0.15, 0.2) is 12.3 Å². The fourth-order valence-corrected chi connectivity index (χ4v) is 3.04. The minimum absolute atomic E-state index is 0.628. The highest BCUT2D eigenvalue weighted by Crippen LogP contribution is 2.25. The van der Waals surface area contributed by atoms with Crippen LogP contribution in [0.5, 0.6) is 0 Å². The maximum Gasteiger partial charge on any atom is 0.0522 e. The fraction of sp³-hybridized carbons (Fsp3) is 0.800. The highest BCUT2D eigenvalue weighted by Gasteiger charge is 2.18. The number of nitrogens with one attached hydrogen (secondary N) is 1. The molecule has 0 unspecified atom stereocenters. The van der Waals surface area contributed by atoms with Crippen molar-refractivity contribution in [3.05, 3.63) is 18.0 Å². The Morgan fingerprint density at radius 3 is 2.72 bits per heavy atom. The molecule has 0 saturated heterocycles. The summed E-state index contributed by atoms with van der Waals surface area (Å²) in [6.07, 6.45) is 10.4. The normalized spacial score (nSPS) is 19.7. The molecule has 1 heterocycles. The molecule has 102 valence electrons. The molecule has 1 aliphatic carbocycles. The third-order valence-electron chi connectivity index (χ3n) is 4.32. The second kappa shape index (κ2) is 6.93. The van der Waals surface area contributed by atoms with Crippen LogP contribution in [0.4, 0.5) is 0 Å². The zero-order valence-corrected chi connectivity index (χ0v) is 11.9. The maximum absolute atomic E-state index is 4.32. The first-order valence-corrected chi connectivity index (χ1v) is 7.55. The van der Waals surface area contributed by atoms with E-state index in [0.717, 1.165) is 19.0 Å². The monoisotopic (exact) mass is 249 g/mol. The summed E-state index contributed by atoms with van der Waals surface area (Å²) in [7, 11) is 0. The van der Waals surface area contributed by atoms with Gasteiger partial charge in [0.2, 0.25) is 0 Å². The zero-order valence-electron chi connectivity index (χ0n) is 11.9. The molecule has 3 heteroatoms. The Kier molecular flexibility index (Phi) is 5.24. The lowest BCUT2D eigenvalue weighted by atomic mass is 9.93. The van der Waals surface area contributed by atoms with Crippen molar-refractivity contribution in [3.63, 3.8) is 0 Å². The average Bonchev–Trinajstić information content (AvgIpc) is 2.67. The second-order valence-corrected chi connectivity index (χ2v) is 5.56. The minimum Gasteiger partial charge on any atom is -0.308 e. The molecule has 1 saturated carbocycles. The van der Waals surface area contributed by atoms with Crippen LogP contribution < -0.4 is 5.32 Å². The van der Waals surface area contributed by atoms with E-state index in [1.165, 1.54) is 44.2 Å². The quantitative estimate of drug-likeness (QED) is 0.811. The number of rotatable bonds is 5. The van der Waals surface area contributed by atoms with Gasteiger partial charge in [-0.1, -0.05) is 25.7 Å². The lowest BCUT2D eigenvalue weighted by molar-refractivity contribution is 0.333. The third-order valence-corrected chi connectivity index (χ3v) is 4.32. The van der Waals surface area contributed by atoms with Crippen LogP contribution in [0.2, 0.25) is 0 Å². The Labute approximate surface area is 111 Å². The lowest BCUT2D eigenvalue weighted by Gasteiger charge is -2.23. The van der Waals surface area contributed by atoms with Crippen LogP contribution in [-0.2, 0) is 13.1 Å². The fourth-order valence-electron chi connectivity index (χ4n) is 3.04. The summed E-state index contributed by atoms with van der Waals surface area (Å²) in [6, 6.07) is 2.75. The first-order valence-electron chi connectivity index (χ1n) is 7.55. The van der Waals surface area contributed by atoms with E-state index in [-0.39, 0.29) is 0 Å². The van der Waals surface area contributed by atoms with Gasteiger partial charge in [-0.15, -0.1) is 0 Å². The van der Waals surface area contributed by atoms with Crippen molar-refractivity contribution in [2.75, 3.05) is 0 Å². The van der Waals surface area contributed by atoms with Crippen molar-refractivity contribution in [2.45, 2.75) is 71.5 Å². The predicted octanol–water partition coefficient (Wildman–Crippen LogP) is 3.35. The number of hydrogen-bond donors (Lipinski definition) is 1. The summed E-state index contributed by atoms with van der Waals surface area (Å²) in [5.74, 6) is 0.866. The van der Waals surface area contributed by atoms with Gasteiger partial charge in [-0.3, -0.25) is 4.68 Å². The first-order chi connectivity index (χ1) is 8.81. The number of aryl methyl sites for hydroxylation is 1. The molecule has 0 aliphatic heterocycles. The van der Waals surface area contributed by atoms with Crippen molar-refractivity contribution in [1.82, 2.24) is 15.1 Å². The standard InChI is InChI=1S/C15H27N3/c1-3-18-15(10-11-17-18)12-16-13(2)14-8-6-4-5-7-9-14/h10-11,13-14,16H,3-9,12H2,1-2H3/t13-/m1/s1. The van der Waals surface area contributed by atoms with E-state index in [9.17, 15) is 0 Å². The summed E-state index contributed by atoms with van der Waals surface area (Å²) in [6.45, 7) is 6.40. The van der Waals surface area contributed by atoms with E-state index in [1.54, 1.807) is 0 Å². The first kappa shape index (κ1) is 13.6. The molecular weight excluding hydrogens is 222 g/mol. The molecule has 2 rings (SSSR count). The van der Waals surface area contributed by atoms with Gasteiger partial charge in [0.1, 0.15) is 0 Å². The van der Waals surface area contributed by atoms with Crippen LogP contribution in [0.1, 0.15) is 58.1 Å². The molecule has 3 nitrogen and oxygen atoms in total. The van der Waals surface area contributed by atoms with E-state index >= 15 is 0 Å². The molecule has 18 heavy (non-hydrogen) atoms. The molecule has 1 aliphatic rings. The van der Waals surface area contributed by atoms with E-state index in [0.29, 0.717) is 6.04 Å². The van der Waals surface area contributed by atoms with Crippen LogP contribution >= 0.6 is 0 Å². The molecule has 1 aromatic heterocycles. The van der Waals surface area contributed by atoms with Gasteiger partial charge in [-0.05, 0) is 38.7 Å². The van der Waals surface area contributed by atoms with Crippen molar-refractivity contribution in [3.8, 4) is 0 Å². The van der Waals surface area contributed by atoms with Gasteiger partial charge in [-0.25, -0.2) is 0 Å². The Hall–Kier alpha value is -0.830. The summed E-state index contributed by atoms with van der Waals surface area (Å²) < 4.78 is 2.08. The van der Waals surface area contributed by atoms with Gasteiger partial charge in [-0.2, -0.15) is 5.10 Å². The van der Waals surface area contributed by atoms with Gasteiger partial charge in [0, 0.05) is 25.3 Å². The van der Waals surface area contributed by atoms with Crippen LogP contribution in [0, 0.1) is 5.92 Å². The molecule has 0 amide bonds. The van der Waals surface area contributed by atoms with E-state index in [4.69, 9.17) is 0 Å². The Balaban J connectivity index is 1.81. The molecule has 0 bridgehead atoms. The van der Waals surface area contributed by atoms with Gasteiger partial charge < -0.3 is 5.32 Å². The van der Waals surface area contributed by atoms with Gasteiger partial charge in [0.25, 0.3) is 0 Å². The summed E-state index contributed by atoms with van der Waals surface area (Å²) in [5, 5.41) is 8.01. The van der Waals surface area contributed by atoms with Crippen molar-refractivity contribution in [1.29, 1.82) is 0 Å².